The molecule has 1 aromatic heterocycles. The van der Waals surface area contributed by atoms with Gasteiger partial charge in [0.1, 0.15) is 0 Å². The molecule has 3 aromatic rings. The van der Waals surface area contributed by atoms with Crippen molar-refractivity contribution in [1.82, 2.24) is 9.55 Å². The second kappa shape index (κ2) is 5.03. The number of rotatable bonds is 2. The molecule has 0 aliphatic heterocycles. The zero-order valence-corrected chi connectivity index (χ0v) is 11.6. The predicted octanol–water partition coefficient (Wildman–Crippen LogP) is 4.86. The second-order valence-corrected chi connectivity index (χ2v) is 4.98. The summed E-state index contributed by atoms with van der Waals surface area (Å²) in [4.78, 5) is 3.09. The summed E-state index contributed by atoms with van der Waals surface area (Å²) in [6, 6.07) is 17.8. The van der Waals surface area contributed by atoms with Gasteiger partial charge >= 0.3 is 0 Å². The van der Waals surface area contributed by atoms with Crippen LogP contribution < -0.4 is 0 Å². The smallest absolute Gasteiger partial charge is 0.182 e. The highest BCUT2D eigenvalue weighted by Crippen LogP contribution is 2.24. The molecule has 2 nitrogen and oxygen atoms in total. The summed E-state index contributed by atoms with van der Waals surface area (Å²) in [7, 11) is 0. The van der Waals surface area contributed by atoms with Crippen molar-refractivity contribution in [3.05, 3.63) is 70.6 Å². The van der Waals surface area contributed by atoms with E-state index in [1.165, 1.54) is 0 Å². The van der Waals surface area contributed by atoms with E-state index in [2.05, 4.69) is 17.1 Å². The number of nitrogens with zero attached hydrogens (tertiary/aromatic N) is 1. The molecule has 0 atom stereocenters. The fourth-order valence-corrected chi connectivity index (χ4v) is 2.43. The third-order valence-corrected chi connectivity index (χ3v) is 3.48. The lowest BCUT2D eigenvalue weighted by molar-refractivity contribution is 1.04. The third-order valence-electron chi connectivity index (χ3n) is 2.93. The molecule has 0 amide bonds. The average Bonchev–Trinajstić information content (AvgIpc) is 2.83. The van der Waals surface area contributed by atoms with Crippen LogP contribution in [0.15, 0.2) is 60.8 Å². The average molecular weight is 287 g/mol. The van der Waals surface area contributed by atoms with Crippen LogP contribution in [0.3, 0.4) is 0 Å². The molecule has 0 spiro atoms. The first-order valence-electron chi connectivity index (χ1n) is 5.87. The zero-order chi connectivity index (χ0) is 13.2. The Balaban J connectivity index is 2.19. The maximum absolute atomic E-state index is 5.93. The van der Waals surface area contributed by atoms with Crippen LogP contribution in [0.25, 0.3) is 16.9 Å². The molecule has 0 fully saturated rings. The first-order chi connectivity index (χ1) is 9.25. The highest BCUT2D eigenvalue weighted by Gasteiger charge is 2.08. The Morgan fingerprint density at radius 2 is 1.63 bits per heavy atom. The van der Waals surface area contributed by atoms with Gasteiger partial charge in [0.25, 0.3) is 0 Å². The first-order valence-corrected chi connectivity index (χ1v) is 6.66. The number of nitrogens with one attached hydrogen (secondary N) is 1. The molecule has 0 aliphatic carbocycles. The Morgan fingerprint density at radius 3 is 2.32 bits per heavy atom. The number of H-pyrrole nitrogens is 1. The minimum atomic E-state index is 0.668. The molecule has 0 radical (unpaired) electrons. The van der Waals surface area contributed by atoms with Crippen molar-refractivity contribution < 1.29 is 0 Å². The van der Waals surface area contributed by atoms with Gasteiger partial charge in [-0.25, -0.2) is 0 Å². The Kier molecular flexibility index (Phi) is 3.23. The summed E-state index contributed by atoms with van der Waals surface area (Å²) in [6.07, 6.45) is 1.92. The van der Waals surface area contributed by atoms with E-state index in [1.54, 1.807) is 0 Å². The lowest BCUT2D eigenvalue weighted by Gasteiger charge is -2.08. The highest BCUT2D eigenvalue weighted by molar-refractivity contribution is 7.71. The van der Waals surface area contributed by atoms with Gasteiger partial charge in [0.2, 0.25) is 0 Å². The van der Waals surface area contributed by atoms with Crippen LogP contribution in [-0.2, 0) is 0 Å². The molecular weight excluding hydrogens is 276 g/mol. The molecule has 0 aliphatic rings. The number of imidazole rings is 1. The quantitative estimate of drug-likeness (QED) is 0.668. The minimum absolute atomic E-state index is 0.668. The van der Waals surface area contributed by atoms with Gasteiger partial charge in [-0.15, -0.1) is 0 Å². The SMILES string of the molecule is S=c1[nH]cc(-c2ccccc2)n1-c1ccc(Cl)cc1. The number of hydrogen-bond donors (Lipinski definition) is 1. The molecule has 2 aromatic carbocycles. The van der Waals surface area contributed by atoms with Gasteiger partial charge < -0.3 is 4.98 Å². The molecule has 0 saturated carbocycles. The highest BCUT2D eigenvalue weighted by atomic mass is 35.5. The van der Waals surface area contributed by atoms with Crippen molar-refractivity contribution in [3.63, 3.8) is 0 Å². The fourth-order valence-electron chi connectivity index (χ4n) is 2.04. The van der Waals surface area contributed by atoms with Crippen molar-refractivity contribution in [2.24, 2.45) is 0 Å². The van der Waals surface area contributed by atoms with E-state index < -0.39 is 0 Å². The van der Waals surface area contributed by atoms with E-state index in [-0.39, 0.29) is 0 Å². The molecule has 1 N–H and O–H groups in total. The van der Waals surface area contributed by atoms with E-state index >= 15 is 0 Å². The third kappa shape index (κ3) is 2.35. The summed E-state index contributed by atoms with van der Waals surface area (Å²) >= 11 is 11.3. The van der Waals surface area contributed by atoms with Gasteiger partial charge in [0.15, 0.2) is 4.77 Å². The summed E-state index contributed by atoms with van der Waals surface area (Å²) < 4.78 is 2.67. The monoisotopic (exact) mass is 286 g/mol. The van der Waals surface area contributed by atoms with Crippen molar-refractivity contribution >= 4 is 23.8 Å². The van der Waals surface area contributed by atoms with Gasteiger partial charge in [0.05, 0.1) is 5.69 Å². The van der Waals surface area contributed by atoms with E-state index in [0.717, 1.165) is 16.9 Å². The molecular formula is C15H11ClN2S. The summed E-state index contributed by atoms with van der Waals surface area (Å²) in [5, 5.41) is 0.715. The van der Waals surface area contributed by atoms with Crippen LogP contribution in [0.4, 0.5) is 0 Å². The topological polar surface area (TPSA) is 20.7 Å². The maximum atomic E-state index is 5.93. The zero-order valence-electron chi connectivity index (χ0n) is 10.0. The van der Waals surface area contributed by atoms with E-state index in [4.69, 9.17) is 23.8 Å². The molecule has 0 unspecified atom stereocenters. The number of benzene rings is 2. The molecule has 94 valence electrons. The number of hydrogen-bond acceptors (Lipinski definition) is 1. The minimum Gasteiger partial charge on any atom is -0.336 e. The van der Waals surface area contributed by atoms with Crippen LogP contribution in [0.5, 0.6) is 0 Å². The molecule has 0 bridgehead atoms. The van der Waals surface area contributed by atoms with E-state index in [1.807, 2.05) is 53.2 Å². The second-order valence-electron chi connectivity index (χ2n) is 4.16. The van der Waals surface area contributed by atoms with E-state index in [0.29, 0.717) is 9.79 Å². The standard InChI is InChI=1S/C15H11ClN2S/c16-12-6-8-13(9-7-12)18-14(10-17-15(18)19)11-4-2-1-3-5-11/h1-10H,(H,17,19). The molecule has 1 heterocycles. The molecule has 19 heavy (non-hydrogen) atoms. The van der Waals surface area contributed by atoms with Crippen LogP contribution in [-0.4, -0.2) is 9.55 Å². The predicted molar refractivity (Wildman–Crippen MR) is 81.4 cm³/mol. The van der Waals surface area contributed by atoms with Crippen LogP contribution in [0.1, 0.15) is 0 Å². The van der Waals surface area contributed by atoms with Gasteiger partial charge in [0, 0.05) is 22.5 Å². The normalized spacial score (nSPS) is 10.6. The van der Waals surface area contributed by atoms with Crippen molar-refractivity contribution in [3.8, 4) is 16.9 Å². The van der Waals surface area contributed by atoms with E-state index in [9.17, 15) is 0 Å². The molecule has 4 heteroatoms. The number of halogens is 1. The van der Waals surface area contributed by atoms with Gasteiger partial charge in [-0.05, 0) is 36.5 Å². The van der Waals surface area contributed by atoms with Gasteiger partial charge in [-0.2, -0.15) is 0 Å². The molecule has 3 rings (SSSR count). The summed E-state index contributed by atoms with van der Waals surface area (Å²) in [6.45, 7) is 0. The summed E-state index contributed by atoms with van der Waals surface area (Å²) in [5.74, 6) is 0. The van der Waals surface area contributed by atoms with Crippen molar-refractivity contribution in [1.29, 1.82) is 0 Å². The van der Waals surface area contributed by atoms with Crippen LogP contribution in [0, 0.1) is 4.77 Å². The van der Waals surface area contributed by atoms with Crippen LogP contribution in [0.2, 0.25) is 5.02 Å². The van der Waals surface area contributed by atoms with Crippen molar-refractivity contribution in [2.45, 2.75) is 0 Å². The van der Waals surface area contributed by atoms with Crippen molar-refractivity contribution in [2.75, 3.05) is 0 Å². The molecule has 0 saturated heterocycles. The van der Waals surface area contributed by atoms with Gasteiger partial charge in [-0.3, -0.25) is 4.57 Å². The number of aromatic nitrogens is 2. The Bertz CT molecular complexity index is 742. The Morgan fingerprint density at radius 1 is 0.947 bits per heavy atom. The van der Waals surface area contributed by atoms with Crippen LogP contribution >= 0.6 is 23.8 Å². The lowest BCUT2D eigenvalue weighted by atomic mass is 10.1. The Hall–Kier alpha value is -1.84. The maximum Gasteiger partial charge on any atom is 0.182 e. The number of aromatic amines is 1. The van der Waals surface area contributed by atoms with Gasteiger partial charge in [-0.1, -0.05) is 41.9 Å². The first kappa shape index (κ1) is 12.2. The Labute approximate surface area is 121 Å². The summed E-state index contributed by atoms with van der Waals surface area (Å²) in [5.41, 5.74) is 3.15. The largest absolute Gasteiger partial charge is 0.336 e. The fraction of sp³-hybridized carbons (Fsp3) is 0. The lowest BCUT2D eigenvalue weighted by Crippen LogP contribution is -1.96.